The molecule has 108 valence electrons. The molecule has 0 amide bonds. The Morgan fingerprint density at radius 2 is 2.05 bits per heavy atom. The molecule has 0 saturated carbocycles. The van der Waals surface area contributed by atoms with Gasteiger partial charge in [0.2, 0.25) is 0 Å². The third-order valence-electron chi connectivity index (χ3n) is 2.65. The number of carboxylic acid groups (broad SMARTS) is 1. The molecular formula is C14H11FN2O4. The lowest BCUT2D eigenvalue weighted by atomic mass is 10.2. The highest BCUT2D eigenvalue weighted by molar-refractivity contribution is 5.90. The van der Waals surface area contributed by atoms with Gasteiger partial charge in [0.05, 0.1) is 18.2 Å². The summed E-state index contributed by atoms with van der Waals surface area (Å²) in [6, 6.07) is 6.50. The molecular weight excluding hydrogens is 279 g/mol. The fourth-order valence-corrected chi connectivity index (χ4v) is 1.66. The van der Waals surface area contributed by atoms with Gasteiger partial charge < -0.3 is 15.2 Å². The molecule has 6 nitrogen and oxygen atoms in total. The van der Waals surface area contributed by atoms with E-state index in [-0.39, 0.29) is 5.56 Å². The van der Waals surface area contributed by atoms with Crippen LogP contribution in [-0.2, 0) is 4.74 Å². The molecule has 0 aliphatic carbocycles. The van der Waals surface area contributed by atoms with Crippen LogP contribution >= 0.6 is 0 Å². The number of benzene rings is 1. The molecule has 2 rings (SSSR count). The van der Waals surface area contributed by atoms with Crippen LogP contribution in [0.2, 0.25) is 0 Å². The van der Waals surface area contributed by atoms with Crippen LogP contribution in [0.3, 0.4) is 0 Å². The number of anilines is 2. The minimum Gasteiger partial charge on any atom is -0.478 e. The molecule has 0 unspecified atom stereocenters. The van der Waals surface area contributed by atoms with Gasteiger partial charge in [-0.25, -0.2) is 19.0 Å². The number of nitrogens with zero attached hydrogens (tertiary/aromatic N) is 1. The first-order valence-electron chi connectivity index (χ1n) is 5.85. The quantitative estimate of drug-likeness (QED) is 0.841. The van der Waals surface area contributed by atoms with E-state index < -0.39 is 23.3 Å². The Kier molecular flexibility index (Phi) is 4.13. The fraction of sp³-hybridized carbons (Fsp3) is 0.0714. The average Bonchev–Trinajstić information content (AvgIpc) is 2.46. The molecule has 0 spiro atoms. The molecule has 0 radical (unpaired) electrons. The molecule has 0 bridgehead atoms. The number of hydrogen-bond acceptors (Lipinski definition) is 5. The number of pyridine rings is 1. The molecule has 2 aromatic rings. The molecule has 21 heavy (non-hydrogen) atoms. The summed E-state index contributed by atoms with van der Waals surface area (Å²) in [7, 11) is 1.26. The molecule has 1 heterocycles. The van der Waals surface area contributed by atoms with E-state index in [9.17, 15) is 14.0 Å². The molecule has 1 aromatic carbocycles. The van der Waals surface area contributed by atoms with Crippen LogP contribution in [0.4, 0.5) is 15.9 Å². The number of carbonyl (C=O) groups excluding carboxylic acids is 1. The van der Waals surface area contributed by atoms with Gasteiger partial charge in [0.15, 0.2) is 0 Å². The minimum absolute atomic E-state index is 0.289. The van der Waals surface area contributed by atoms with Crippen LogP contribution in [-0.4, -0.2) is 29.1 Å². The zero-order valence-electron chi connectivity index (χ0n) is 11.0. The van der Waals surface area contributed by atoms with Crippen LogP contribution in [0.15, 0.2) is 36.5 Å². The van der Waals surface area contributed by atoms with E-state index in [4.69, 9.17) is 5.11 Å². The van der Waals surface area contributed by atoms with Crippen molar-refractivity contribution >= 4 is 23.4 Å². The fourth-order valence-electron chi connectivity index (χ4n) is 1.66. The van der Waals surface area contributed by atoms with Gasteiger partial charge in [-0.15, -0.1) is 0 Å². The largest absolute Gasteiger partial charge is 0.478 e. The number of methoxy groups -OCH3 is 1. The summed E-state index contributed by atoms with van der Waals surface area (Å²) in [5.74, 6) is -2.42. The number of aromatic nitrogens is 1. The van der Waals surface area contributed by atoms with Gasteiger partial charge in [0.25, 0.3) is 0 Å². The van der Waals surface area contributed by atoms with Crippen molar-refractivity contribution in [1.82, 2.24) is 4.98 Å². The Hall–Kier alpha value is -2.96. The van der Waals surface area contributed by atoms with Gasteiger partial charge in [-0.2, -0.15) is 0 Å². The predicted octanol–water partition coefficient (Wildman–Crippen LogP) is 2.45. The van der Waals surface area contributed by atoms with Gasteiger partial charge in [0.1, 0.15) is 11.6 Å². The van der Waals surface area contributed by atoms with Crippen molar-refractivity contribution in [2.45, 2.75) is 0 Å². The number of carbonyl (C=O) groups is 2. The van der Waals surface area contributed by atoms with Crippen molar-refractivity contribution in [3.05, 3.63) is 53.5 Å². The molecule has 0 atom stereocenters. The van der Waals surface area contributed by atoms with Crippen molar-refractivity contribution < 1.29 is 23.8 Å². The first-order chi connectivity index (χ1) is 10.0. The zero-order chi connectivity index (χ0) is 15.4. The molecule has 0 saturated heterocycles. The number of rotatable bonds is 4. The highest BCUT2D eigenvalue weighted by Crippen LogP contribution is 2.19. The monoisotopic (exact) mass is 290 g/mol. The Bertz CT molecular complexity index is 703. The second-order valence-corrected chi connectivity index (χ2v) is 4.05. The summed E-state index contributed by atoms with van der Waals surface area (Å²) in [6.07, 6.45) is 1.40. The summed E-state index contributed by atoms with van der Waals surface area (Å²) in [5.41, 5.74) is 0.182. The minimum atomic E-state index is -1.34. The second kappa shape index (κ2) is 6.00. The number of halogens is 1. The van der Waals surface area contributed by atoms with Crippen LogP contribution in [0.5, 0.6) is 0 Å². The SMILES string of the molecule is COC(=O)c1ccnc(Nc2ccc(C(=O)O)c(F)c2)c1. The van der Waals surface area contributed by atoms with Crippen LogP contribution in [0.25, 0.3) is 0 Å². The predicted molar refractivity (Wildman–Crippen MR) is 72.2 cm³/mol. The zero-order valence-corrected chi connectivity index (χ0v) is 11.0. The maximum atomic E-state index is 13.6. The van der Waals surface area contributed by atoms with Crippen molar-refractivity contribution in [1.29, 1.82) is 0 Å². The van der Waals surface area contributed by atoms with Crippen LogP contribution < -0.4 is 5.32 Å². The summed E-state index contributed by atoms with van der Waals surface area (Å²) in [5, 5.41) is 11.5. The Morgan fingerprint density at radius 3 is 2.67 bits per heavy atom. The lowest BCUT2D eigenvalue weighted by molar-refractivity contribution is 0.0599. The normalized spacial score (nSPS) is 10.0. The first kappa shape index (κ1) is 14.4. The van der Waals surface area contributed by atoms with Crippen molar-refractivity contribution in [3.63, 3.8) is 0 Å². The van der Waals surface area contributed by atoms with E-state index in [1.807, 2.05) is 0 Å². The smallest absolute Gasteiger partial charge is 0.338 e. The second-order valence-electron chi connectivity index (χ2n) is 4.05. The molecule has 1 aromatic heterocycles. The molecule has 0 aliphatic heterocycles. The Labute approximate surface area is 119 Å². The highest BCUT2D eigenvalue weighted by atomic mass is 19.1. The van der Waals surface area contributed by atoms with Crippen LogP contribution in [0.1, 0.15) is 20.7 Å². The summed E-state index contributed by atoms with van der Waals surface area (Å²) in [6.45, 7) is 0. The lowest BCUT2D eigenvalue weighted by Crippen LogP contribution is -2.04. The van der Waals surface area contributed by atoms with Crippen molar-refractivity contribution in [2.75, 3.05) is 12.4 Å². The summed E-state index contributed by atoms with van der Waals surface area (Å²) in [4.78, 5) is 26.1. The van der Waals surface area contributed by atoms with Gasteiger partial charge in [0, 0.05) is 11.9 Å². The number of hydrogen-bond donors (Lipinski definition) is 2. The topological polar surface area (TPSA) is 88.5 Å². The number of aromatic carboxylic acids is 1. The third kappa shape index (κ3) is 3.33. The van der Waals surface area contributed by atoms with E-state index in [1.54, 1.807) is 0 Å². The van der Waals surface area contributed by atoms with Crippen molar-refractivity contribution in [3.8, 4) is 0 Å². The van der Waals surface area contributed by atoms with E-state index in [0.717, 1.165) is 12.1 Å². The first-order valence-corrected chi connectivity index (χ1v) is 5.85. The van der Waals surface area contributed by atoms with Gasteiger partial charge in [-0.3, -0.25) is 0 Å². The Morgan fingerprint density at radius 1 is 1.29 bits per heavy atom. The van der Waals surface area contributed by atoms with E-state index in [1.165, 1.54) is 31.5 Å². The van der Waals surface area contributed by atoms with Gasteiger partial charge >= 0.3 is 11.9 Å². The highest BCUT2D eigenvalue weighted by Gasteiger charge is 2.11. The van der Waals surface area contributed by atoms with E-state index in [0.29, 0.717) is 11.5 Å². The summed E-state index contributed by atoms with van der Waals surface area (Å²) >= 11 is 0. The number of ether oxygens (including phenoxy) is 1. The number of carboxylic acids is 1. The Balaban J connectivity index is 2.24. The standard InChI is InChI=1S/C14H11FN2O4/c1-21-14(20)8-4-5-16-12(6-8)17-9-2-3-10(13(18)19)11(15)7-9/h2-7H,1H3,(H,16,17)(H,18,19). The average molecular weight is 290 g/mol. The van der Waals surface area contributed by atoms with Gasteiger partial charge in [-0.1, -0.05) is 0 Å². The van der Waals surface area contributed by atoms with Gasteiger partial charge in [-0.05, 0) is 30.3 Å². The maximum Gasteiger partial charge on any atom is 0.338 e. The summed E-state index contributed by atoms with van der Waals surface area (Å²) < 4.78 is 18.1. The van der Waals surface area contributed by atoms with Crippen molar-refractivity contribution in [2.24, 2.45) is 0 Å². The molecule has 7 heteroatoms. The number of nitrogens with one attached hydrogen (secondary N) is 1. The molecule has 0 fully saturated rings. The molecule has 2 N–H and O–H groups in total. The van der Waals surface area contributed by atoms with Crippen LogP contribution in [0, 0.1) is 5.82 Å². The number of esters is 1. The third-order valence-corrected chi connectivity index (χ3v) is 2.65. The molecule has 0 aliphatic rings. The van der Waals surface area contributed by atoms with E-state index >= 15 is 0 Å². The maximum absolute atomic E-state index is 13.6. The van der Waals surface area contributed by atoms with E-state index in [2.05, 4.69) is 15.0 Å². The lowest BCUT2D eigenvalue weighted by Gasteiger charge is -2.07.